The van der Waals surface area contributed by atoms with Crippen LogP contribution < -0.4 is 4.90 Å². The molecular weight excluding hydrogens is 407 g/mol. The number of rotatable bonds is 4. The van der Waals surface area contributed by atoms with Gasteiger partial charge >= 0.3 is 0 Å². The summed E-state index contributed by atoms with van der Waals surface area (Å²) in [4.78, 5) is 6.22. The fourth-order valence-corrected chi connectivity index (χ4v) is 4.99. The van der Waals surface area contributed by atoms with E-state index in [1.165, 1.54) is 12.1 Å². The second kappa shape index (κ2) is 7.85. The number of oxazole rings is 1. The molecular formula is C22H23FN2O4S. The first kappa shape index (κ1) is 20.6. The van der Waals surface area contributed by atoms with Crippen LogP contribution >= 0.6 is 0 Å². The molecule has 8 heteroatoms. The minimum absolute atomic E-state index is 0.0378. The summed E-state index contributed by atoms with van der Waals surface area (Å²) in [6, 6.07) is 12.2. The molecule has 0 bridgehead atoms. The number of nitrogens with zero attached hydrogens (tertiary/aromatic N) is 2. The van der Waals surface area contributed by atoms with Crippen LogP contribution in [0.1, 0.15) is 19.4 Å². The zero-order valence-corrected chi connectivity index (χ0v) is 17.8. The summed E-state index contributed by atoms with van der Waals surface area (Å²) >= 11 is 0. The average molecular weight is 431 g/mol. The van der Waals surface area contributed by atoms with Crippen LogP contribution in [0.3, 0.4) is 0 Å². The van der Waals surface area contributed by atoms with Gasteiger partial charge in [-0.15, -0.1) is 0 Å². The Labute approximate surface area is 175 Å². The molecule has 6 nitrogen and oxygen atoms in total. The Morgan fingerprint density at radius 3 is 2.30 bits per heavy atom. The fourth-order valence-electron chi connectivity index (χ4n) is 3.67. The van der Waals surface area contributed by atoms with E-state index in [-0.39, 0.29) is 33.9 Å². The molecule has 0 aliphatic carbocycles. The highest BCUT2D eigenvalue weighted by atomic mass is 32.2. The first-order chi connectivity index (χ1) is 14.3. The van der Waals surface area contributed by atoms with Crippen LogP contribution in [-0.2, 0) is 14.6 Å². The SMILES string of the molecule is Cc1ccccc1-c1nc(S(=O)(=O)c2ccc(F)cc2)c(N2CC(C)OC(C)C2)o1. The molecule has 0 radical (unpaired) electrons. The molecule has 3 aromatic rings. The molecule has 2 atom stereocenters. The molecule has 2 heterocycles. The number of aromatic nitrogens is 1. The summed E-state index contributed by atoms with van der Waals surface area (Å²) in [5, 5.41) is -0.173. The molecule has 1 aliphatic rings. The Morgan fingerprint density at radius 2 is 1.67 bits per heavy atom. The lowest BCUT2D eigenvalue weighted by Crippen LogP contribution is -2.45. The molecule has 1 fully saturated rings. The highest BCUT2D eigenvalue weighted by molar-refractivity contribution is 7.91. The van der Waals surface area contributed by atoms with Gasteiger partial charge in [-0.1, -0.05) is 18.2 Å². The number of halogens is 1. The van der Waals surface area contributed by atoms with Gasteiger partial charge in [-0.2, -0.15) is 4.98 Å². The summed E-state index contributed by atoms with van der Waals surface area (Å²) in [5.74, 6) is -0.0964. The van der Waals surface area contributed by atoms with Gasteiger partial charge in [0.1, 0.15) is 5.82 Å². The van der Waals surface area contributed by atoms with E-state index in [9.17, 15) is 12.8 Å². The van der Waals surface area contributed by atoms with Crippen molar-refractivity contribution in [2.24, 2.45) is 0 Å². The number of sulfone groups is 1. The summed E-state index contributed by atoms with van der Waals surface area (Å²) in [6.07, 6.45) is -0.190. The van der Waals surface area contributed by atoms with Crippen LogP contribution in [0, 0.1) is 12.7 Å². The molecule has 2 unspecified atom stereocenters. The maximum absolute atomic E-state index is 13.4. The van der Waals surface area contributed by atoms with Crippen molar-refractivity contribution < 1.29 is 22.0 Å². The number of ether oxygens (including phenoxy) is 1. The Bertz CT molecular complexity index is 1150. The van der Waals surface area contributed by atoms with Crippen molar-refractivity contribution in [1.29, 1.82) is 0 Å². The van der Waals surface area contributed by atoms with Crippen LogP contribution in [0.15, 0.2) is 62.9 Å². The second-order valence-corrected chi connectivity index (χ2v) is 9.43. The Kier molecular flexibility index (Phi) is 5.38. The summed E-state index contributed by atoms with van der Waals surface area (Å²) in [7, 11) is -4.02. The molecule has 0 N–H and O–H groups in total. The molecule has 0 amide bonds. The van der Waals surface area contributed by atoms with Gasteiger partial charge in [0, 0.05) is 18.7 Å². The van der Waals surface area contributed by atoms with E-state index in [1.807, 2.05) is 49.9 Å². The normalized spacial score (nSPS) is 19.8. The van der Waals surface area contributed by atoms with Crippen molar-refractivity contribution in [2.45, 2.75) is 42.9 Å². The summed E-state index contributed by atoms with van der Waals surface area (Å²) < 4.78 is 52.0. The topological polar surface area (TPSA) is 72.6 Å². The lowest BCUT2D eigenvalue weighted by Gasteiger charge is -2.35. The minimum Gasteiger partial charge on any atom is -0.419 e. The average Bonchev–Trinajstić information content (AvgIpc) is 3.14. The standard InChI is InChI=1S/C22H23FN2O4S/c1-14-6-4-5-7-19(14)20-24-21(30(26,27)18-10-8-17(23)9-11-18)22(29-20)25-12-15(2)28-16(3)13-25/h4-11,15-16H,12-13H2,1-3H3. The van der Waals surface area contributed by atoms with Gasteiger partial charge in [-0.05, 0) is 56.7 Å². The zero-order chi connectivity index (χ0) is 21.5. The maximum Gasteiger partial charge on any atom is 0.236 e. The van der Waals surface area contributed by atoms with Gasteiger partial charge in [-0.25, -0.2) is 12.8 Å². The Morgan fingerprint density at radius 1 is 1.03 bits per heavy atom. The molecule has 1 aromatic heterocycles. The van der Waals surface area contributed by atoms with Gasteiger partial charge in [-0.3, -0.25) is 0 Å². The number of benzene rings is 2. The van der Waals surface area contributed by atoms with Crippen LogP contribution in [0.5, 0.6) is 0 Å². The van der Waals surface area contributed by atoms with Crippen molar-refractivity contribution in [3.63, 3.8) is 0 Å². The van der Waals surface area contributed by atoms with E-state index in [2.05, 4.69) is 4.98 Å². The predicted octanol–water partition coefficient (Wildman–Crippen LogP) is 4.24. The van der Waals surface area contributed by atoms with Crippen molar-refractivity contribution in [3.05, 3.63) is 59.9 Å². The lowest BCUT2D eigenvalue weighted by atomic mass is 10.1. The lowest BCUT2D eigenvalue weighted by molar-refractivity contribution is -0.00657. The van der Waals surface area contributed by atoms with Crippen molar-refractivity contribution in [1.82, 2.24) is 4.98 Å². The minimum atomic E-state index is -4.02. The molecule has 30 heavy (non-hydrogen) atoms. The third-order valence-electron chi connectivity index (χ3n) is 5.04. The summed E-state index contributed by atoms with van der Waals surface area (Å²) in [5.41, 5.74) is 1.63. The summed E-state index contributed by atoms with van der Waals surface area (Å²) in [6.45, 7) is 6.70. The van der Waals surface area contributed by atoms with E-state index in [0.29, 0.717) is 18.7 Å². The van der Waals surface area contributed by atoms with E-state index in [0.717, 1.165) is 17.7 Å². The van der Waals surface area contributed by atoms with Crippen molar-refractivity contribution in [2.75, 3.05) is 18.0 Å². The predicted molar refractivity (Wildman–Crippen MR) is 111 cm³/mol. The molecule has 1 saturated heterocycles. The highest BCUT2D eigenvalue weighted by Gasteiger charge is 2.34. The van der Waals surface area contributed by atoms with Crippen molar-refractivity contribution >= 4 is 15.7 Å². The van der Waals surface area contributed by atoms with E-state index in [4.69, 9.17) is 9.15 Å². The van der Waals surface area contributed by atoms with Gasteiger partial charge in [0.2, 0.25) is 26.6 Å². The maximum atomic E-state index is 13.4. The van der Waals surface area contributed by atoms with Crippen LogP contribution in [0.4, 0.5) is 10.3 Å². The third kappa shape index (κ3) is 3.85. The fraction of sp³-hybridized carbons (Fsp3) is 0.318. The smallest absolute Gasteiger partial charge is 0.236 e. The first-order valence-corrected chi connectivity index (χ1v) is 11.2. The number of morpholine rings is 1. The molecule has 4 rings (SSSR count). The second-order valence-electron chi connectivity index (χ2n) is 7.56. The number of hydrogen-bond donors (Lipinski definition) is 0. The Hall–Kier alpha value is -2.71. The number of aryl methyl sites for hydroxylation is 1. The van der Waals surface area contributed by atoms with Gasteiger partial charge in [0.05, 0.1) is 17.1 Å². The largest absolute Gasteiger partial charge is 0.419 e. The Balaban J connectivity index is 1.87. The van der Waals surface area contributed by atoms with Gasteiger partial charge in [0.15, 0.2) is 0 Å². The molecule has 158 valence electrons. The third-order valence-corrected chi connectivity index (χ3v) is 6.71. The van der Waals surface area contributed by atoms with Gasteiger partial charge in [0.25, 0.3) is 0 Å². The molecule has 1 aliphatic heterocycles. The number of hydrogen-bond acceptors (Lipinski definition) is 6. The highest BCUT2D eigenvalue weighted by Crippen LogP contribution is 2.36. The quantitative estimate of drug-likeness (QED) is 0.577. The van der Waals surface area contributed by atoms with E-state index < -0.39 is 15.7 Å². The monoisotopic (exact) mass is 430 g/mol. The molecule has 2 aromatic carbocycles. The van der Waals surface area contributed by atoms with E-state index in [1.54, 1.807) is 0 Å². The van der Waals surface area contributed by atoms with Gasteiger partial charge < -0.3 is 14.1 Å². The molecule has 0 saturated carbocycles. The van der Waals surface area contributed by atoms with Crippen molar-refractivity contribution in [3.8, 4) is 11.5 Å². The van der Waals surface area contributed by atoms with Crippen LogP contribution in [0.2, 0.25) is 0 Å². The zero-order valence-electron chi connectivity index (χ0n) is 17.0. The van der Waals surface area contributed by atoms with Crippen LogP contribution in [0.25, 0.3) is 11.5 Å². The molecule has 0 spiro atoms. The van der Waals surface area contributed by atoms with E-state index >= 15 is 0 Å². The first-order valence-electron chi connectivity index (χ1n) is 9.73. The van der Waals surface area contributed by atoms with Crippen LogP contribution in [-0.4, -0.2) is 38.7 Å². The number of anilines is 1.